The third kappa shape index (κ3) is 4.05. The Bertz CT molecular complexity index is 880. The number of nitrogens with zero attached hydrogens (tertiary/aromatic N) is 2. The van der Waals surface area contributed by atoms with Gasteiger partial charge in [-0.2, -0.15) is 4.98 Å². The standard InChI is InChI=1S/C22H27FN2O3/c1-22(2,23)19-12-20(26)24-21-25(19)13-18(28-21)14-27-17-10-8-16(9-11-17)15-6-4-3-5-7-15/h8-12,15,18H,3-7,13-14H2,1-2H3/t18-/m0/s1. The van der Waals surface area contributed by atoms with Crippen LogP contribution in [0, 0.1) is 0 Å². The van der Waals surface area contributed by atoms with E-state index in [4.69, 9.17) is 9.47 Å². The molecule has 0 spiro atoms. The van der Waals surface area contributed by atoms with Gasteiger partial charge in [0.25, 0.3) is 5.56 Å². The lowest BCUT2D eigenvalue weighted by Gasteiger charge is -2.22. The highest BCUT2D eigenvalue weighted by molar-refractivity contribution is 5.30. The van der Waals surface area contributed by atoms with Crippen molar-refractivity contribution in [2.24, 2.45) is 0 Å². The molecule has 4 rings (SSSR count). The number of aromatic nitrogens is 2. The average Bonchev–Trinajstić information content (AvgIpc) is 3.08. The normalized spacial score (nSPS) is 19.9. The minimum absolute atomic E-state index is 0.162. The molecule has 2 aromatic rings. The third-order valence-corrected chi connectivity index (χ3v) is 5.65. The van der Waals surface area contributed by atoms with Gasteiger partial charge in [-0.25, -0.2) is 4.39 Å². The predicted octanol–water partition coefficient (Wildman–Crippen LogP) is 4.34. The first-order chi connectivity index (χ1) is 13.4. The highest BCUT2D eigenvalue weighted by atomic mass is 19.1. The molecular formula is C22H27FN2O3. The number of halogens is 1. The van der Waals surface area contributed by atoms with Gasteiger partial charge in [-0.1, -0.05) is 31.4 Å². The first-order valence-electron chi connectivity index (χ1n) is 10.1. The Kier molecular flexibility index (Phi) is 5.13. The van der Waals surface area contributed by atoms with Crippen LogP contribution in [0.1, 0.15) is 63.1 Å². The van der Waals surface area contributed by atoms with Crippen LogP contribution in [0.5, 0.6) is 11.8 Å². The number of fused-ring (bicyclic) bond motifs is 1. The van der Waals surface area contributed by atoms with Gasteiger partial charge in [0.05, 0.1) is 12.2 Å². The van der Waals surface area contributed by atoms with Crippen LogP contribution in [-0.4, -0.2) is 22.3 Å². The zero-order valence-corrected chi connectivity index (χ0v) is 16.5. The molecule has 1 aromatic carbocycles. The van der Waals surface area contributed by atoms with E-state index in [9.17, 15) is 9.18 Å². The second kappa shape index (κ2) is 7.57. The molecule has 0 unspecified atom stereocenters. The van der Waals surface area contributed by atoms with Crippen LogP contribution in [0.15, 0.2) is 35.1 Å². The Balaban J connectivity index is 1.39. The molecule has 0 saturated heterocycles. The molecule has 1 atom stereocenters. The summed E-state index contributed by atoms with van der Waals surface area (Å²) in [4.78, 5) is 15.6. The summed E-state index contributed by atoms with van der Waals surface area (Å²) in [6, 6.07) is 9.71. The summed E-state index contributed by atoms with van der Waals surface area (Å²) in [5.74, 6) is 1.45. The van der Waals surface area contributed by atoms with E-state index in [0.29, 0.717) is 19.1 Å². The van der Waals surface area contributed by atoms with Crippen LogP contribution >= 0.6 is 0 Å². The van der Waals surface area contributed by atoms with Crippen molar-refractivity contribution in [3.05, 3.63) is 51.9 Å². The van der Waals surface area contributed by atoms with E-state index >= 15 is 0 Å². The molecule has 150 valence electrons. The topological polar surface area (TPSA) is 53.4 Å². The number of benzene rings is 1. The molecule has 2 heterocycles. The van der Waals surface area contributed by atoms with E-state index in [1.54, 1.807) is 4.57 Å². The van der Waals surface area contributed by atoms with E-state index in [2.05, 4.69) is 17.1 Å². The summed E-state index contributed by atoms with van der Waals surface area (Å²) in [5.41, 5.74) is -0.479. The quantitative estimate of drug-likeness (QED) is 0.767. The van der Waals surface area contributed by atoms with Crippen LogP contribution in [0.3, 0.4) is 0 Å². The molecule has 0 bridgehead atoms. The molecular weight excluding hydrogens is 359 g/mol. The number of hydrogen-bond acceptors (Lipinski definition) is 4. The van der Waals surface area contributed by atoms with E-state index in [1.165, 1.54) is 57.6 Å². The van der Waals surface area contributed by atoms with Crippen molar-refractivity contribution < 1.29 is 13.9 Å². The van der Waals surface area contributed by atoms with Crippen LogP contribution in [-0.2, 0) is 12.2 Å². The smallest absolute Gasteiger partial charge is 0.300 e. The number of ether oxygens (including phenoxy) is 2. The lowest BCUT2D eigenvalue weighted by molar-refractivity contribution is 0.143. The molecule has 28 heavy (non-hydrogen) atoms. The maximum Gasteiger partial charge on any atom is 0.300 e. The van der Waals surface area contributed by atoms with Gasteiger partial charge in [-0.3, -0.25) is 9.36 Å². The first kappa shape index (κ1) is 19.0. The molecule has 1 aliphatic heterocycles. The number of hydrogen-bond donors (Lipinski definition) is 0. The fourth-order valence-electron chi connectivity index (χ4n) is 4.18. The van der Waals surface area contributed by atoms with Gasteiger partial charge < -0.3 is 9.47 Å². The molecule has 0 N–H and O–H groups in total. The lowest BCUT2D eigenvalue weighted by Crippen LogP contribution is -2.25. The van der Waals surface area contributed by atoms with Crippen molar-refractivity contribution in [1.82, 2.24) is 9.55 Å². The minimum atomic E-state index is -1.65. The highest BCUT2D eigenvalue weighted by Gasteiger charge is 2.32. The van der Waals surface area contributed by atoms with Gasteiger partial charge in [-0.15, -0.1) is 0 Å². The molecule has 0 amide bonds. The van der Waals surface area contributed by atoms with Gasteiger partial charge in [0.1, 0.15) is 18.0 Å². The Morgan fingerprint density at radius 1 is 1.21 bits per heavy atom. The maximum absolute atomic E-state index is 14.5. The summed E-state index contributed by atoms with van der Waals surface area (Å²) < 4.78 is 27.7. The molecule has 2 aliphatic rings. The average molecular weight is 386 g/mol. The van der Waals surface area contributed by atoms with Crippen molar-refractivity contribution in [3.63, 3.8) is 0 Å². The van der Waals surface area contributed by atoms with E-state index in [0.717, 1.165) is 5.75 Å². The van der Waals surface area contributed by atoms with E-state index in [-0.39, 0.29) is 17.8 Å². The monoisotopic (exact) mass is 386 g/mol. The van der Waals surface area contributed by atoms with Gasteiger partial charge in [0, 0.05) is 6.07 Å². The first-order valence-corrected chi connectivity index (χ1v) is 10.1. The highest BCUT2D eigenvalue weighted by Crippen LogP contribution is 2.33. The summed E-state index contributed by atoms with van der Waals surface area (Å²) in [6.45, 7) is 3.57. The zero-order chi connectivity index (χ0) is 19.7. The van der Waals surface area contributed by atoms with Crippen LogP contribution < -0.4 is 15.0 Å². The third-order valence-electron chi connectivity index (χ3n) is 5.65. The summed E-state index contributed by atoms with van der Waals surface area (Å²) in [6.07, 6.45) is 6.21. The van der Waals surface area contributed by atoms with Crippen molar-refractivity contribution in [2.45, 2.75) is 70.2 Å². The van der Waals surface area contributed by atoms with Crippen molar-refractivity contribution in [2.75, 3.05) is 6.61 Å². The lowest BCUT2D eigenvalue weighted by atomic mass is 9.84. The molecule has 1 aliphatic carbocycles. The molecule has 1 saturated carbocycles. The summed E-state index contributed by atoms with van der Waals surface area (Å²) >= 11 is 0. The molecule has 0 radical (unpaired) electrons. The van der Waals surface area contributed by atoms with Gasteiger partial charge >= 0.3 is 6.01 Å². The van der Waals surface area contributed by atoms with Crippen molar-refractivity contribution in [3.8, 4) is 11.8 Å². The molecule has 5 nitrogen and oxygen atoms in total. The van der Waals surface area contributed by atoms with Crippen molar-refractivity contribution in [1.29, 1.82) is 0 Å². The summed E-state index contributed by atoms with van der Waals surface area (Å²) in [7, 11) is 0. The summed E-state index contributed by atoms with van der Waals surface area (Å²) in [5, 5.41) is 0. The van der Waals surface area contributed by atoms with Crippen molar-refractivity contribution >= 4 is 0 Å². The van der Waals surface area contributed by atoms with Crippen LogP contribution in [0.25, 0.3) is 0 Å². The Labute approximate surface area is 164 Å². The second-order valence-electron chi connectivity index (χ2n) is 8.30. The molecule has 1 aromatic heterocycles. The largest absolute Gasteiger partial charge is 0.490 e. The van der Waals surface area contributed by atoms with Gasteiger partial charge in [-0.05, 0) is 50.3 Å². The van der Waals surface area contributed by atoms with Gasteiger partial charge in [0.2, 0.25) is 0 Å². The Morgan fingerprint density at radius 2 is 1.93 bits per heavy atom. The fourth-order valence-corrected chi connectivity index (χ4v) is 4.18. The SMILES string of the molecule is CC(C)(F)c1cc(=O)nc2n1C[C@@H](COc1ccc(C3CCCCC3)cc1)O2. The van der Waals surface area contributed by atoms with Crippen LogP contribution in [0.2, 0.25) is 0 Å². The van der Waals surface area contributed by atoms with Crippen LogP contribution in [0.4, 0.5) is 4.39 Å². The van der Waals surface area contributed by atoms with E-state index in [1.807, 2.05) is 12.1 Å². The zero-order valence-electron chi connectivity index (χ0n) is 16.5. The molecule has 6 heteroatoms. The predicted molar refractivity (Wildman–Crippen MR) is 105 cm³/mol. The minimum Gasteiger partial charge on any atom is -0.490 e. The second-order valence-corrected chi connectivity index (χ2v) is 8.30. The van der Waals surface area contributed by atoms with Gasteiger partial charge in [0.15, 0.2) is 6.10 Å². The Hall–Kier alpha value is -2.37. The fraction of sp³-hybridized carbons (Fsp3) is 0.545. The Morgan fingerprint density at radius 3 is 2.61 bits per heavy atom. The molecule has 1 fully saturated rings. The number of rotatable bonds is 5. The number of alkyl halides is 1. The maximum atomic E-state index is 14.5. The van der Waals surface area contributed by atoms with E-state index < -0.39 is 11.2 Å².